The van der Waals surface area contributed by atoms with Gasteiger partial charge in [-0.2, -0.15) is 0 Å². The Morgan fingerprint density at radius 3 is 2.44 bits per heavy atom. The van der Waals surface area contributed by atoms with Gasteiger partial charge >= 0.3 is 0 Å². The molecule has 0 radical (unpaired) electrons. The molecule has 5 heteroatoms. The van der Waals surface area contributed by atoms with Crippen LogP contribution in [0.2, 0.25) is 10.0 Å². The first-order valence-electron chi connectivity index (χ1n) is 11.3. The van der Waals surface area contributed by atoms with E-state index >= 15 is 0 Å². The van der Waals surface area contributed by atoms with E-state index in [1.165, 1.54) is 30.4 Å². The number of carbonyl (C=O) groups excluding carboxylic acids is 1. The van der Waals surface area contributed by atoms with Gasteiger partial charge in [0.15, 0.2) is 0 Å². The highest BCUT2D eigenvalue weighted by Gasteiger charge is 2.53. The van der Waals surface area contributed by atoms with Gasteiger partial charge in [0.05, 0.1) is 6.04 Å². The second-order valence-electron chi connectivity index (χ2n) is 9.38. The summed E-state index contributed by atoms with van der Waals surface area (Å²) in [4.78, 5) is 13.0. The van der Waals surface area contributed by atoms with E-state index in [4.69, 9.17) is 23.2 Å². The van der Waals surface area contributed by atoms with Gasteiger partial charge in [-0.3, -0.25) is 4.79 Å². The van der Waals surface area contributed by atoms with Gasteiger partial charge < -0.3 is 10.6 Å². The first-order chi connectivity index (χ1) is 15.6. The topological polar surface area (TPSA) is 41.1 Å². The quantitative estimate of drug-likeness (QED) is 0.421. The number of nitrogens with one attached hydrogen (secondary N) is 2. The molecule has 1 aliphatic heterocycles. The minimum Gasteiger partial charge on any atom is -0.378 e. The average molecular weight is 463 g/mol. The van der Waals surface area contributed by atoms with E-state index in [2.05, 4.69) is 53.1 Å². The monoisotopic (exact) mass is 462 g/mol. The zero-order valence-electron chi connectivity index (χ0n) is 17.5. The molecule has 0 spiro atoms. The number of amides is 1. The number of rotatable bonds is 3. The van der Waals surface area contributed by atoms with E-state index in [-0.39, 0.29) is 5.91 Å². The van der Waals surface area contributed by atoms with Crippen LogP contribution < -0.4 is 10.6 Å². The summed E-state index contributed by atoms with van der Waals surface area (Å²) in [7, 11) is 0. The van der Waals surface area contributed by atoms with Crippen LogP contribution >= 0.6 is 23.2 Å². The number of benzene rings is 3. The van der Waals surface area contributed by atoms with Crippen LogP contribution in [0.5, 0.6) is 0 Å². The van der Waals surface area contributed by atoms with Crippen LogP contribution in [0.4, 0.5) is 11.4 Å². The molecule has 1 amide bonds. The van der Waals surface area contributed by atoms with Crippen LogP contribution in [-0.4, -0.2) is 5.91 Å². The lowest BCUT2D eigenvalue weighted by molar-refractivity contribution is 0.102. The molecular weight excluding hydrogens is 439 g/mol. The molecule has 2 fully saturated rings. The minimum atomic E-state index is -0.143. The normalized spacial score (nSPS) is 27.4. The molecule has 3 aromatic rings. The fourth-order valence-electron chi connectivity index (χ4n) is 6.45. The van der Waals surface area contributed by atoms with Crippen LogP contribution in [0.25, 0.3) is 0 Å². The van der Waals surface area contributed by atoms with E-state index in [0.29, 0.717) is 45.1 Å². The Morgan fingerprint density at radius 2 is 1.66 bits per heavy atom. The van der Waals surface area contributed by atoms with Crippen molar-refractivity contribution >= 4 is 40.5 Å². The van der Waals surface area contributed by atoms with Crippen LogP contribution in [0, 0.1) is 17.8 Å². The number of anilines is 2. The maximum atomic E-state index is 13.0. The van der Waals surface area contributed by atoms with Gasteiger partial charge in [0, 0.05) is 27.0 Å². The highest BCUT2D eigenvalue weighted by molar-refractivity contribution is 6.35. The van der Waals surface area contributed by atoms with E-state index < -0.39 is 0 Å². The molecule has 162 valence electrons. The van der Waals surface area contributed by atoms with E-state index in [0.717, 1.165) is 11.6 Å². The van der Waals surface area contributed by atoms with Gasteiger partial charge in [-0.1, -0.05) is 53.5 Å². The lowest BCUT2D eigenvalue weighted by Crippen LogP contribution is -2.35. The Kier molecular flexibility index (Phi) is 4.93. The molecule has 1 heterocycles. The van der Waals surface area contributed by atoms with Gasteiger partial charge in [-0.05, 0) is 90.5 Å². The van der Waals surface area contributed by atoms with Crippen molar-refractivity contribution in [3.05, 3.63) is 93.5 Å². The fraction of sp³-hybridized carbons (Fsp3) is 0.296. The van der Waals surface area contributed by atoms with Gasteiger partial charge in [0.2, 0.25) is 0 Å². The van der Waals surface area contributed by atoms with Crippen LogP contribution in [0.15, 0.2) is 66.7 Å². The first kappa shape index (κ1) is 20.1. The summed E-state index contributed by atoms with van der Waals surface area (Å²) in [5.74, 6) is 2.40. The molecule has 2 N–H and O–H groups in total. The number of hydrogen-bond donors (Lipinski definition) is 2. The Labute approximate surface area is 198 Å². The lowest BCUT2D eigenvalue weighted by Gasteiger charge is -2.43. The Hall–Kier alpha value is -2.49. The van der Waals surface area contributed by atoms with E-state index in [9.17, 15) is 4.79 Å². The largest absolute Gasteiger partial charge is 0.378 e. The predicted octanol–water partition coefficient (Wildman–Crippen LogP) is 7.54. The summed E-state index contributed by atoms with van der Waals surface area (Å²) < 4.78 is 0. The van der Waals surface area contributed by atoms with Gasteiger partial charge in [0.1, 0.15) is 0 Å². The van der Waals surface area contributed by atoms with Crippen molar-refractivity contribution in [2.75, 3.05) is 10.6 Å². The first-order valence-corrected chi connectivity index (χ1v) is 12.1. The average Bonchev–Trinajstić information content (AvgIpc) is 3.41. The Balaban J connectivity index is 1.34. The molecule has 0 unspecified atom stereocenters. The van der Waals surface area contributed by atoms with Crippen molar-refractivity contribution in [2.45, 2.75) is 31.2 Å². The Morgan fingerprint density at radius 1 is 0.906 bits per heavy atom. The summed E-state index contributed by atoms with van der Waals surface area (Å²) >= 11 is 12.2. The van der Waals surface area contributed by atoms with Crippen molar-refractivity contribution < 1.29 is 4.79 Å². The van der Waals surface area contributed by atoms with Crippen molar-refractivity contribution in [1.29, 1.82) is 0 Å². The third kappa shape index (κ3) is 3.39. The van der Waals surface area contributed by atoms with Crippen LogP contribution in [0.1, 0.15) is 52.7 Å². The molecular formula is C27H24Cl2N2O. The van der Waals surface area contributed by atoms with Crippen LogP contribution in [0.3, 0.4) is 0 Å². The molecule has 3 aromatic carbocycles. The lowest BCUT2D eigenvalue weighted by atomic mass is 9.68. The van der Waals surface area contributed by atoms with Crippen LogP contribution in [-0.2, 0) is 0 Å². The molecule has 6 rings (SSSR count). The molecule has 0 saturated heterocycles. The molecule has 0 aromatic heterocycles. The molecule has 2 aliphatic carbocycles. The van der Waals surface area contributed by atoms with Gasteiger partial charge in [0.25, 0.3) is 5.91 Å². The SMILES string of the molecule is O=C(Nc1cc(Cl)cc(Cl)c1)c1ccc2c(c1)[C@@H]1[C@H]3CC[C@@H](C3)[C@@H]1[C@H](c1ccccc1)N2. The zero-order valence-corrected chi connectivity index (χ0v) is 19.0. The summed E-state index contributed by atoms with van der Waals surface area (Å²) in [6.45, 7) is 0. The fourth-order valence-corrected chi connectivity index (χ4v) is 6.97. The van der Waals surface area contributed by atoms with E-state index in [1.54, 1.807) is 18.2 Å². The molecule has 3 nitrogen and oxygen atoms in total. The van der Waals surface area contributed by atoms with Crippen molar-refractivity contribution in [3.63, 3.8) is 0 Å². The second kappa shape index (κ2) is 7.83. The maximum Gasteiger partial charge on any atom is 0.255 e. The molecule has 2 saturated carbocycles. The standard InChI is InChI=1S/C27H24Cl2N2O/c28-19-12-20(29)14-21(13-19)30-27(32)18-8-9-23-22(11-18)24-16-6-7-17(10-16)25(24)26(31-23)15-4-2-1-3-5-15/h1-5,8-9,11-14,16-17,24-26,31H,6-7,10H2,(H,30,32)/t16-,17-,24-,25-,26-/m0/s1. The Bertz CT molecular complexity index is 1180. The maximum absolute atomic E-state index is 13.0. The third-order valence-corrected chi connectivity index (χ3v) is 8.06. The number of hydrogen-bond acceptors (Lipinski definition) is 2. The van der Waals surface area contributed by atoms with E-state index in [1.807, 2.05) is 6.07 Å². The summed E-state index contributed by atoms with van der Waals surface area (Å²) in [6.07, 6.45) is 3.92. The minimum absolute atomic E-state index is 0.143. The van der Waals surface area contributed by atoms with Crippen molar-refractivity contribution in [3.8, 4) is 0 Å². The number of carbonyl (C=O) groups is 1. The predicted molar refractivity (Wildman–Crippen MR) is 131 cm³/mol. The highest BCUT2D eigenvalue weighted by atomic mass is 35.5. The summed E-state index contributed by atoms with van der Waals surface area (Å²) in [5.41, 5.74) is 5.09. The molecule has 2 bridgehead atoms. The van der Waals surface area contributed by atoms with Gasteiger partial charge in [-0.15, -0.1) is 0 Å². The number of halogens is 2. The zero-order chi connectivity index (χ0) is 21.8. The summed E-state index contributed by atoms with van der Waals surface area (Å²) in [5, 5.41) is 7.78. The third-order valence-electron chi connectivity index (χ3n) is 7.63. The van der Waals surface area contributed by atoms with Crippen molar-refractivity contribution in [2.24, 2.45) is 17.8 Å². The molecule has 5 atom stereocenters. The van der Waals surface area contributed by atoms with Gasteiger partial charge in [-0.25, -0.2) is 0 Å². The van der Waals surface area contributed by atoms with Crippen molar-refractivity contribution in [1.82, 2.24) is 0 Å². The smallest absolute Gasteiger partial charge is 0.255 e. The second-order valence-corrected chi connectivity index (χ2v) is 10.3. The molecule has 3 aliphatic rings. The highest BCUT2D eigenvalue weighted by Crippen LogP contribution is 2.63. The summed E-state index contributed by atoms with van der Waals surface area (Å²) in [6, 6.07) is 22.3. The molecule has 32 heavy (non-hydrogen) atoms. The number of fused-ring (bicyclic) bond motifs is 7.